The zero-order valence-corrected chi connectivity index (χ0v) is 17.9. The van der Waals surface area contributed by atoms with E-state index in [0.29, 0.717) is 16.1 Å². The molecule has 5 nitrogen and oxygen atoms in total. The first kappa shape index (κ1) is 19.6. The van der Waals surface area contributed by atoms with E-state index in [1.807, 2.05) is 18.4 Å². The van der Waals surface area contributed by atoms with Crippen molar-refractivity contribution in [1.29, 1.82) is 0 Å². The molecule has 3 aromatic rings. The van der Waals surface area contributed by atoms with Crippen molar-refractivity contribution in [3.05, 3.63) is 86.4 Å². The molecule has 1 unspecified atom stereocenters. The summed E-state index contributed by atoms with van der Waals surface area (Å²) >= 11 is 9.43. The number of anilines is 1. The van der Waals surface area contributed by atoms with Gasteiger partial charge in [-0.3, -0.25) is 9.69 Å². The van der Waals surface area contributed by atoms with Gasteiger partial charge in [0, 0.05) is 6.04 Å². The molecule has 29 heavy (non-hydrogen) atoms. The molecule has 0 aliphatic carbocycles. The van der Waals surface area contributed by atoms with Crippen molar-refractivity contribution in [2.24, 2.45) is 0 Å². The van der Waals surface area contributed by atoms with Crippen LogP contribution in [0.5, 0.6) is 0 Å². The summed E-state index contributed by atoms with van der Waals surface area (Å²) in [6.45, 7) is 11.1. The Labute approximate surface area is 180 Å². The second-order valence-electron chi connectivity index (χ2n) is 6.93. The molecule has 1 aliphatic rings. The molecule has 1 aliphatic heterocycles. The van der Waals surface area contributed by atoms with Gasteiger partial charge in [0.25, 0.3) is 5.91 Å². The quantitative estimate of drug-likeness (QED) is 0.418. The lowest BCUT2D eigenvalue weighted by molar-refractivity contribution is 0.0988. The van der Waals surface area contributed by atoms with Crippen molar-refractivity contribution < 1.29 is 9.18 Å². The number of aromatic nitrogens is 2. The van der Waals surface area contributed by atoms with Crippen LogP contribution in [0, 0.1) is 12.4 Å². The van der Waals surface area contributed by atoms with Gasteiger partial charge in [-0.05, 0) is 47.5 Å². The molecule has 4 rings (SSSR count). The van der Waals surface area contributed by atoms with E-state index in [1.54, 1.807) is 30.3 Å². The minimum absolute atomic E-state index is 0.0163. The number of amides is 1. The first-order valence-corrected chi connectivity index (χ1v) is 10.0. The Kier molecular flexibility index (Phi) is 4.93. The molecule has 146 valence electrons. The maximum Gasteiger partial charge on any atom is 0.279 e. The van der Waals surface area contributed by atoms with Crippen molar-refractivity contribution in [2.75, 3.05) is 4.90 Å². The Morgan fingerprint density at radius 3 is 2.55 bits per heavy atom. The molecule has 0 bridgehead atoms. The minimum atomic E-state index is -0.661. The predicted molar refractivity (Wildman–Crippen MR) is 113 cm³/mol. The normalized spacial score (nSPS) is 15.7. The molecule has 2 heterocycles. The number of benzene rings is 2. The Bertz CT molecular complexity index is 1170. The first-order valence-electron chi connectivity index (χ1n) is 8.87. The predicted octanol–water partition coefficient (Wildman–Crippen LogP) is 6.32. The highest BCUT2D eigenvalue weighted by atomic mass is 79.9. The van der Waals surface area contributed by atoms with Gasteiger partial charge >= 0.3 is 0 Å². The van der Waals surface area contributed by atoms with E-state index in [2.05, 4.69) is 25.8 Å². The van der Waals surface area contributed by atoms with Gasteiger partial charge in [-0.1, -0.05) is 41.9 Å². The minimum Gasteiger partial charge on any atom is -0.317 e. The lowest BCUT2D eigenvalue weighted by Gasteiger charge is -2.28. The van der Waals surface area contributed by atoms with E-state index < -0.39 is 17.8 Å². The summed E-state index contributed by atoms with van der Waals surface area (Å²) in [5.74, 6) is -1.06. The van der Waals surface area contributed by atoms with Crippen LogP contribution in [-0.2, 0) is 0 Å². The summed E-state index contributed by atoms with van der Waals surface area (Å²) in [6.07, 6.45) is 0. The molecule has 1 amide bonds. The van der Waals surface area contributed by atoms with Crippen LogP contribution in [0.25, 0.3) is 4.85 Å². The summed E-state index contributed by atoms with van der Waals surface area (Å²) in [5, 5.41) is -0.0603. The van der Waals surface area contributed by atoms with E-state index in [4.69, 9.17) is 18.2 Å². The number of imidazole rings is 1. The molecule has 1 atom stereocenters. The summed E-state index contributed by atoms with van der Waals surface area (Å²) in [5.41, 5.74) is 2.26. The number of hydrogen-bond donors (Lipinski definition) is 0. The largest absolute Gasteiger partial charge is 0.317 e. The van der Waals surface area contributed by atoms with Crippen molar-refractivity contribution >= 4 is 44.8 Å². The molecule has 1 aromatic heterocycles. The maximum atomic E-state index is 14.9. The highest BCUT2D eigenvalue weighted by molar-refractivity contribution is 9.10. The van der Waals surface area contributed by atoms with Crippen LogP contribution in [-0.4, -0.2) is 15.5 Å². The molecule has 2 aromatic carbocycles. The molecule has 0 radical (unpaired) electrons. The molecular formula is C21H15BrClFN4O. The number of rotatable bonds is 3. The molecular weight excluding hydrogens is 459 g/mol. The third-order valence-corrected chi connectivity index (χ3v) is 5.74. The second-order valence-corrected chi connectivity index (χ2v) is 8.05. The monoisotopic (exact) mass is 472 g/mol. The fourth-order valence-electron chi connectivity index (χ4n) is 3.65. The van der Waals surface area contributed by atoms with Crippen molar-refractivity contribution in [1.82, 2.24) is 9.55 Å². The highest BCUT2D eigenvalue weighted by Gasteiger charge is 2.45. The van der Waals surface area contributed by atoms with Crippen molar-refractivity contribution in [2.45, 2.75) is 25.9 Å². The molecule has 0 fully saturated rings. The molecule has 0 N–H and O–H groups in total. The smallest absolute Gasteiger partial charge is 0.279 e. The number of fused-ring (bicyclic) bond motifs is 1. The molecule has 8 heteroatoms. The SMILES string of the molecule is [C-]#[N+]c1ccc(C2c3c(nc(Br)n3C(C)C)C(=O)N2c2cccc(Cl)c2F)cc1. The van der Waals surface area contributed by atoms with Crippen LogP contribution in [0.1, 0.15) is 47.7 Å². The van der Waals surface area contributed by atoms with Gasteiger partial charge < -0.3 is 4.57 Å². The van der Waals surface area contributed by atoms with Crippen LogP contribution in [0.15, 0.2) is 47.2 Å². The number of hydrogen-bond acceptors (Lipinski definition) is 2. The van der Waals surface area contributed by atoms with E-state index in [0.717, 1.165) is 5.56 Å². The van der Waals surface area contributed by atoms with Gasteiger partial charge in [0.05, 0.1) is 23.0 Å². The number of carbonyl (C=O) groups is 1. The second kappa shape index (κ2) is 7.29. The average Bonchev–Trinajstić information content (AvgIpc) is 3.17. The summed E-state index contributed by atoms with van der Waals surface area (Å²) in [4.78, 5) is 22.5. The number of carbonyl (C=O) groups excluding carboxylic acids is 1. The van der Waals surface area contributed by atoms with Gasteiger partial charge in [-0.15, -0.1) is 0 Å². The lowest BCUT2D eigenvalue weighted by atomic mass is 10.0. The molecule has 0 saturated heterocycles. The Balaban J connectivity index is 1.98. The fourth-order valence-corrected chi connectivity index (χ4v) is 4.59. The zero-order chi connectivity index (χ0) is 20.9. The van der Waals surface area contributed by atoms with Crippen LogP contribution < -0.4 is 4.90 Å². The molecule has 0 saturated carbocycles. The van der Waals surface area contributed by atoms with Gasteiger partial charge in [-0.25, -0.2) is 14.2 Å². The topological polar surface area (TPSA) is 42.5 Å². The first-order chi connectivity index (χ1) is 13.8. The van der Waals surface area contributed by atoms with Crippen molar-refractivity contribution in [3.63, 3.8) is 0 Å². The van der Waals surface area contributed by atoms with Crippen LogP contribution in [0.2, 0.25) is 5.02 Å². The van der Waals surface area contributed by atoms with Gasteiger partial charge in [0.15, 0.2) is 21.9 Å². The summed E-state index contributed by atoms with van der Waals surface area (Å²) < 4.78 is 17.4. The van der Waals surface area contributed by atoms with Gasteiger partial charge in [-0.2, -0.15) is 0 Å². The van der Waals surface area contributed by atoms with Crippen LogP contribution >= 0.6 is 27.5 Å². The standard InChI is InChI=1S/C21H15BrClFN4O/c1-11(2)27-19-17(26-21(27)22)20(29)28(15-6-4-5-14(23)16(15)24)18(19)12-7-9-13(25-3)10-8-12/h4-11,18H,1-2H3. The number of halogens is 3. The highest BCUT2D eigenvalue weighted by Crippen LogP contribution is 2.45. The summed E-state index contributed by atoms with van der Waals surface area (Å²) in [6, 6.07) is 10.9. The van der Waals surface area contributed by atoms with Crippen molar-refractivity contribution in [3.8, 4) is 0 Å². The Hall–Kier alpha value is -2.69. The van der Waals surface area contributed by atoms with Crippen LogP contribution in [0.4, 0.5) is 15.8 Å². The van der Waals surface area contributed by atoms with Crippen LogP contribution in [0.3, 0.4) is 0 Å². The zero-order valence-electron chi connectivity index (χ0n) is 15.5. The molecule has 0 spiro atoms. The summed E-state index contributed by atoms with van der Waals surface area (Å²) in [7, 11) is 0. The third-order valence-electron chi connectivity index (χ3n) is 4.89. The lowest BCUT2D eigenvalue weighted by Crippen LogP contribution is -2.31. The van der Waals surface area contributed by atoms with E-state index in [9.17, 15) is 9.18 Å². The van der Waals surface area contributed by atoms with Gasteiger partial charge in [0.2, 0.25) is 0 Å². The maximum absolute atomic E-state index is 14.9. The van der Waals surface area contributed by atoms with E-state index >= 15 is 0 Å². The number of nitrogens with zero attached hydrogens (tertiary/aromatic N) is 4. The van der Waals surface area contributed by atoms with Gasteiger partial charge in [0.1, 0.15) is 6.04 Å². The third kappa shape index (κ3) is 3.04. The Morgan fingerprint density at radius 2 is 1.93 bits per heavy atom. The van der Waals surface area contributed by atoms with E-state index in [1.165, 1.54) is 17.0 Å². The fraction of sp³-hybridized carbons (Fsp3) is 0.190. The Morgan fingerprint density at radius 1 is 1.24 bits per heavy atom. The van der Waals surface area contributed by atoms with E-state index in [-0.39, 0.29) is 22.4 Å². The average molecular weight is 474 g/mol.